The third-order valence-corrected chi connectivity index (χ3v) is 3.18. The summed E-state index contributed by atoms with van der Waals surface area (Å²) in [6.45, 7) is 1.89. The number of aryl methyl sites for hydroxylation is 1. The molecular weight excluding hydrogens is 311 g/mol. The second-order valence-electron chi connectivity index (χ2n) is 4.19. The molecule has 0 spiro atoms. The molecule has 0 aliphatic rings. The number of halogens is 2. The Balaban J connectivity index is 2.52. The van der Waals surface area contributed by atoms with Crippen molar-refractivity contribution in [1.29, 1.82) is 0 Å². The summed E-state index contributed by atoms with van der Waals surface area (Å²) in [6.07, 6.45) is 0. The fourth-order valence-electron chi connectivity index (χ4n) is 1.84. The molecular formula is C15H12BrFO2. The molecule has 0 atom stereocenters. The van der Waals surface area contributed by atoms with Crippen molar-refractivity contribution in [2.24, 2.45) is 0 Å². The molecule has 2 rings (SSSR count). The molecule has 0 unspecified atom stereocenters. The van der Waals surface area contributed by atoms with Crippen LogP contribution in [0.2, 0.25) is 0 Å². The molecule has 0 heterocycles. The first kappa shape index (κ1) is 13.7. The van der Waals surface area contributed by atoms with Crippen LogP contribution in [0.4, 0.5) is 4.39 Å². The van der Waals surface area contributed by atoms with Gasteiger partial charge in [0.2, 0.25) is 0 Å². The zero-order valence-electron chi connectivity index (χ0n) is 10.5. The van der Waals surface area contributed by atoms with Crippen LogP contribution >= 0.6 is 15.9 Å². The summed E-state index contributed by atoms with van der Waals surface area (Å²) in [4.78, 5) is 12.4. The summed E-state index contributed by atoms with van der Waals surface area (Å²) in [6, 6.07) is 9.44. The maximum Gasteiger partial charge on any atom is 0.196 e. The number of carbonyl (C=O) groups is 1. The highest BCUT2D eigenvalue weighted by Gasteiger charge is 2.16. The quantitative estimate of drug-likeness (QED) is 0.794. The van der Waals surface area contributed by atoms with E-state index in [0.29, 0.717) is 15.8 Å². The third kappa shape index (κ3) is 3.01. The Morgan fingerprint density at radius 3 is 2.58 bits per heavy atom. The molecule has 0 bridgehead atoms. The van der Waals surface area contributed by atoms with E-state index < -0.39 is 5.82 Å². The van der Waals surface area contributed by atoms with E-state index in [4.69, 9.17) is 4.74 Å². The molecule has 19 heavy (non-hydrogen) atoms. The Bertz CT molecular complexity index is 618. The summed E-state index contributed by atoms with van der Waals surface area (Å²) in [5.41, 5.74) is 1.66. The van der Waals surface area contributed by atoms with E-state index in [1.807, 2.05) is 13.0 Å². The normalized spacial score (nSPS) is 10.3. The smallest absolute Gasteiger partial charge is 0.196 e. The standard InChI is InChI=1S/C15H12BrFO2/c1-9-3-4-14(19-2)13(5-9)15(18)10-6-11(16)8-12(17)7-10/h3-8H,1-2H3. The largest absolute Gasteiger partial charge is 0.496 e. The van der Waals surface area contributed by atoms with Crippen LogP contribution in [0.1, 0.15) is 21.5 Å². The zero-order chi connectivity index (χ0) is 14.0. The van der Waals surface area contributed by atoms with Gasteiger partial charge in [-0.2, -0.15) is 0 Å². The Kier molecular flexibility index (Phi) is 4.00. The molecule has 0 saturated carbocycles. The van der Waals surface area contributed by atoms with Crippen LogP contribution in [0, 0.1) is 12.7 Å². The summed E-state index contributed by atoms with van der Waals surface area (Å²) in [5.74, 6) is -0.235. The Hall–Kier alpha value is -1.68. The lowest BCUT2D eigenvalue weighted by molar-refractivity contribution is 0.103. The molecule has 4 heteroatoms. The Morgan fingerprint density at radius 2 is 1.95 bits per heavy atom. The number of benzene rings is 2. The van der Waals surface area contributed by atoms with Gasteiger partial charge < -0.3 is 4.74 Å². The van der Waals surface area contributed by atoms with Crippen LogP contribution in [-0.4, -0.2) is 12.9 Å². The number of methoxy groups -OCH3 is 1. The van der Waals surface area contributed by atoms with Crippen LogP contribution in [0.15, 0.2) is 40.9 Å². The van der Waals surface area contributed by atoms with Crippen LogP contribution in [0.25, 0.3) is 0 Å². The van der Waals surface area contributed by atoms with Gasteiger partial charge in [-0.25, -0.2) is 4.39 Å². The van der Waals surface area contributed by atoms with Crippen molar-refractivity contribution < 1.29 is 13.9 Å². The SMILES string of the molecule is COc1ccc(C)cc1C(=O)c1cc(F)cc(Br)c1. The fourth-order valence-corrected chi connectivity index (χ4v) is 2.31. The van der Waals surface area contributed by atoms with Crippen molar-refractivity contribution in [3.63, 3.8) is 0 Å². The van der Waals surface area contributed by atoms with Crippen LogP contribution in [0.5, 0.6) is 5.75 Å². The van der Waals surface area contributed by atoms with Gasteiger partial charge in [0.05, 0.1) is 12.7 Å². The first-order chi connectivity index (χ1) is 9.01. The van der Waals surface area contributed by atoms with Crippen molar-refractivity contribution in [3.8, 4) is 5.75 Å². The number of hydrogen-bond donors (Lipinski definition) is 0. The van der Waals surface area contributed by atoms with Gasteiger partial charge in [0.15, 0.2) is 5.78 Å². The predicted molar refractivity (Wildman–Crippen MR) is 75.3 cm³/mol. The molecule has 98 valence electrons. The van der Waals surface area contributed by atoms with E-state index in [1.54, 1.807) is 18.2 Å². The summed E-state index contributed by atoms with van der Waals surface area (Å²) in [5, 5.41) is 0. The highest BCUT2D eigenvalue weighted by atomic mass is 79.9. The zero-order valence-corrected chi connectivity index (χ0v) is 12.1. The predicted octanol–water partition coefficient (Wildman–Crippen LogP) is 4.14. The average Bonchev–Trinajstić information content (AvgIpc) is 2.36. The van der Waals surface area contributed by atoms with Gasteiger partial charge in [-0.05, 0) is 37.3 Å². The second-order valence-corrected chi connectivity index (χ2v) is 5.11. The average molecular weight is 323 g/mol. The van der Waals surface area contributed by atoms with Gasteiger partial charge in [-0.1, -0.05) is 27.6 Å². The van der Waals surface area contributed by atoms with Crippen molar-refractivity contribution in [1.82, 2.24) is 0 Å². The maximum absolute atomic E-state index is 13.4. The third-order valence-electron chi connectivity index (χ3n) is 2.72. The van der Waals surface area contributed by atoms with Gasteiger partial charge in [-0.3, -0.25) is 4.79 Å². The Labute approximate surface area is 119 Å². The molecule has 0 aromatic heterocycles. The first-order valence-corrected chi connectivity index (χ1v) is 6.46. The lowest BCUT2D eigenvalue weighted by Crippen LogP contribution is -2.05. The lowest BCUT2D eigenvalue weighted by Gasteiger charge is -2.09. The molecule has 0 radical (unpaired) electrons. The maximum atomic E-state index is 13.4. The topological polar surface area (TPSA) is 26.3 Å². The lowest BCUT2D eigenvalue weighted by atomic mass is 10.0. The minimum absolute atomic E-state index is 0.263. The highest BCUT2D eigenvalue weighted by molar-refractivity contribution is 9.10. The number of carbonyl (C=O) groups excluding carboxylic acids is 1. The van der Waals surface area contributed by atoms with Crippen LogP contribution < -0.4 is 4.74 Å². The minimum atomic E-state index is -0.454. The van der Waals surface area contributed by atoms with Crippen molar-refractivity contribution in [2.45, 2.75) is 6.92 Å². The van der Waals surface area contributed by atoms with Gasteiger partial charge in [-0.15, -0.1) is 0 Å². The van der Waals surface area contributed by atoms with E-state index in [2.05, 4.69) is 15.9 Å². The molecule has 0 aliphatic heterocycles. The Morgan fingerprint density at radius 1 is 1.21 bits per heavy atom. The van der Waals surface area contributed by atoms with E-state index in [-0.39, 0.29) is 11.3 Å². The van der Waals surface area contributed by atoms with Gasteiger partial charge in [0, 0.05) is 10.0 Å². The number of rotatable bonds is 3. The van der Waals surface area contributed by atoms with Gasteiger partial charge in [0.1, 0.15) is 11.6 Å². The summed E-state index contributed by atoms with van der Waals surface area (Å²) >= 11 is 3.18. The van der Waals surface area contributed by atoms with Crippen molar-refractivity contribution in [3.05, 3.63) is 63.4 Å². The van der Waals surface area contributed by atoms with Crippen molar-refractivity contribution in [2.75, 3.05) is 7.11 Å². The molecule has 2 nitrogen and oxygen atoms in total. The molecule has 0 aliphatic carbocycles. The van der Waals surface area contributed by atoms with E-state index in [1.165, 1.54) is 19.2 Å². The molecule has 2 aromatic carbocycles. The fraction of sp³-hybridized carbons (Fsp3) is 0.133. The number of ketones is 1. The molecule has 0 fully saturated rings. The first-order valence-electron chi connectivity index (χ1n) is 5.66. The van der Waals surface area contributed by atoms with Gasteiger partial charge >= 0.3 is 0 Å². The molecule has 0 amide bonds. The van der Waals surface area contributed by atoms with E-state index in [0.717, 1.165) is 5.56 Å². The highest BCUT2D eigenvalue weighted by Crippen LogP contribution is 2.24. The van der Waals surface area contributed by atoms with E-state index >= 15 is 0 Å². The summed E-state index contributed by atoms with van der Waals surface area (Å²) in [7, 11) is 1.50. The number of hydrogen-bond acceptors (Lipinski definition) is 2. The van der Waals surface area contributed by atoms with Crippen LogP contribution in [-0.2, 0) is 0 Å². The number of ether oxygens (including phenoxy) is 1. The van der Waals surface area contributed by atoms with Crippen molar-refractivity contribution >= 4 is 21.7 Å². The monoisotopic (exact) mass is 322 g/mol. The minimum Gasteiger partial charge on any atom is -0.496 e. The van der Waals surface area contributed by atoms with Gasteiger partial charge in [0.25, 0.3) is 0 Å². The molecule has 0 N–H and O–H groups in total. The summed E-state index contributed by atoms with van der Waals surface area (Å²) < 4.78 is 19.1. The molecule has 0 saturated heterocycles. The van der Waals surface area contributed by atoms with E-state index in [9.17, 15) is 9.18 Å². The second kappa shape index (κ2) is 5.53. The molecule has 2 aromatic rings. The van der Waals surface area contributed by atoms with Crippen LogP contribution in [0.3, 0.4) is 0 Å².